The average Bonchev–Trinajstić information content (AvgIpc) is 3.32. The standard InChI is InChI=1S/C30H36N2O17S5/c1-29(2)25(32(12-6-14-51(38,39)40)23-16-20(53(44,45)46)17-24(27(23)29)54(47,48)49)7-4-8-26-30(3,18-52(41,42)43)21-10-9-19(28(33)34)15-22(21)31(26)11-5-13-50(35,36)37/h4,7-10,15-17H,5-6,11-14,18H2,1-3H3,(H5-,33,34,35,36,37,38,39,40,41,42,43,44,45,46,47,48,49)/p+1. The van der Waals surface area contributed by atoms with Crippen molar-refractivity contribution in [2.75, 3.05) is 35.2 Å². The van der Waals surface area contributed by atoms with Crippen molar-refractivity contribution >= 4 is 73.6 Å². The van der Waals surface area contributed by atoms with Gasteiger partial charge in [-0.15, -0.1) is 0 Å². The maximum absolute atomic E-state index is 12.6. The van der Waals surface area contributed by atoms with Crippen LogP contribution in [0.5, 0.6) is 0 Å². The monoisotopic (exact) mass is 857 g/mol. The van der Waals surface area contributed by atoms with E-state index >= 15 is 0 Å². The highest BCUT2D eigenvalue weighted by molar-refractivity contribution is 7.87. The van der Waals surface area contributed by atoms with Gasteiger partial charge in [-0.1, -0.05) is 26.0 Å². The number of anilines is 1. The van der Waals surface area contributed by atoms with Crippen LogP contribution in [-0.2, 0) is 61.4 Å². The van der Waals surface area contributed by atoms with Crippen LogP contribution >= 0.6 is 0 Å². The highest BCUT2D eigenvalue weighted by Crippen LogP contribution is 2.51. The van der Waals surface area contributed by atoms with Gasteiger partial charge in [0, 0.05) is 53.0 Å². The second-order valence-corrected chi connectivity index (χ2v) is 20.8. The van der Waals surface area contributed by atoms with Crippen molar-refractivity contribution in [3.05, 3.63) is 70.9 Å². The van der Waals surface area contributed by atoms with E-state index in [1.54, 1.807) is 0 Å². The van der Waals surface area contributed by atoms with Crippen molar-refractivity contribution in [3.8, 4) is 0 Å². The number of carboxylic acid groups (broad SMARTS) is 1. The minimum Gasteiger partial charge on any atom is -0.478 e. The fraction of sp³-hybridized carbons (Fsp3) is 0.400. The molecule has 1 atom stereocenters. The zero-order chi connectivity index (χ0) is 41.0. The molecule has 0 amide bonds. The lowest BCUT2D eigenvalue weighted by atomic mass is 9.80. The van der Waals surface area contributed by atoms with Crippen molar-refractivity contribution < 1.29 is 79.3 Å². The molecule has 19 nitrogen and oxygen atoms in total. The first-order chi connectivity index (χ1) is 24.4. The molecule has 2 aliphatic rings. The van der Waals surface area contributed by atoms with E-state index in [9.17, 15) is 74.8 Å². The van der Waals surface area contributed by atoms with Gasteiger partial charge in [0.05, 0.1) is 33.1 Å². The van der Waals surface area contributed by atoms with Crippen LogP contribution in [0.2, 0.25) is 0 Å². The number of hydrogen-bond donors (Lipinski definition) is 6. The smallest absolute Gasteiger partial charge is 0.335 e. The van der Waals surface area contributed by atoms with Gasteiger partial charge < -0.3 is 10.0 Å². The van der Waals surface area contributed by atoms with E-state index < -0.39 is 94.4 Å². The molecule has 2 aromatic carbocycles. The van der Waals surface area contributed by atoms with E-state index in [0.29, 0.717) is 6.07 Å². The molecule has 0 spiro atoms. The Morgan fingerprint density at radius 1 is 0.796 bits per heavy atom. The molecule has 24 heteroatoms. The van der Waals surface area contributed by atoms with Crippen molar-refractivity contribution in [1.82, 2.24) is 0 Å². The highest BCUT2D eigenvalue weighted by atomic mass is 32.2. The third kappa shape index (κ3) is 9.43. The summed E-state index contributed by atoms with van der Waals surface area (Å²) in [5.41, 5.74) is -3.05. The van der Waals surface area contributed by atoms with E-state index in [4.69, 9.17) is 0 Å². The number of carboxylic acids is 1. The molecule has 0 saturated carbocycles. The van der Waals surface area contributed by atoms with E-state index in [2.05, 4.69) is 0 Å². The number of carbonyl (C=O) groups is 1. The summed E-state index contributed by atoms with van der Waals surface area (Å²) in [6.07, 6.45) is 3.48. The Hall–Kier alpha value is -3.59. The predicted octanol–water partition coefficient (Wildman–Crippen LogP) is 1.92. The second kappa shape index (κ2) is 14.5. The number of fused-ring (bicyclic) bond motifs is 2. The predicted molar refractivity (Wildman–Crippen MR) is 193 cm³/mol. The molecule has 0 aliphatic carbocycles. The molecular formula is C30H37N2O17S5+. The summed E-state index contributed by atoms with van der Waals surface area (Å²) >= 11 is 0. The number of hydrogen-bond acceptors (Lipinski definition) is 12. The van der Waals surface area contributed by atoms with Gasteiger partial charge in [0.1, 0.15) is 11.4 Å². The summed E-state index contributed by atoms with van der Waals surface area (Å²) in [6, 6.07) is 5.19. The largest absolute Gasteiger partial charge is 0.478 e. The molecule has 0 radical (unpaired) electrons. The minimum atomic E-state index is -5.18. The Morgan fingerprint density at radius 2 is 1.39 bits per heavy atom. The van der Waals surface area contributed by atoms with Gasteiger partial charge in [0.15, 0.2) is 5.71 Å². The quantitative estimate of drug-likeness (QED) is 0.110. The van der Waals surface area contributed by atoms with Crippen LogP contribution in [0, 0.1) is 0 Å². The number of benzene rings is 2. The summed E-state index contributed by atoms with van der Waals surface area (Å²) in [6.45, 7) is 3.85. The Balaban J connectivity index is 2.01. The summed E-state index contributed by atoms with van der Waals surface area (Å²) in [4.78, 5) is 11.3. The van der Waals surface area contributed by atoms with Gasteiger partial charge in [-0.25, -0.2) is 4.79 Å². The lowest BCUT2D eigenvalue weighted by molar-refractivity contribution is -0.437. The van der Waals surface area contributed by atoms with E-state index in [0.717, 1.165) is 6.07 Å². The molecule has 0 bridgehead atoms. The zero-order valence-corrected chi connectivity index (χ0v) is 32.8. The van der Waals surface area contributed by atoms with Crippen LogP contribution in [0.1, 0.15) is 55.1 Å². The molecule has 298 valence electrons. The molecular weight excluding hydrogens is 821 g/mol. The average molecular weight is 858 g/mol. The molecule has 4 rings (SSSR count). The number of rotatable bonds is 15. The zero-order valence-electron chi connectivity index (χ0n) is 28.7. The third-order valence-electron chi connectivity index (χ3n) is 9.01. The fourth-order valence-corrected chi connectivity index (χ4v) is 10.4. The van der Waals surface area contributed by atoms with Crippen LogP contribution in [0.25, 0.3) is 0 Å². The van der Waals surface area contributed by atoms with Gasteiger partial charge in [-0.2, -0.15) is 46.7 Å². The molecule has 2 aromatic rings. The Morgan fingerprint density at radius 3 is 1.91 bits per heavy atom. The van der Waals surface area contributed by atoms with Crippen molar-refractivity contribution in [2.45, 2.75) is 54.2 Å². The van der Waals surface area contributed by atoms with Crippen LogP contribution < -0.4 is 4.90 Å². The minimum absolute atomic E-state index is 0.0865. The maximum Gasteiger partial charge on any atom is 0.335 e. The van der Waals surface area contributed by atoms with Crippen LogP contribution in [-0.4, -0.2) is 117 Å². The summed E-state index contributed by atoms with van der Waals surface area (Å²) in [7, 11) is -24.0. The van der Waals surface area contributed by atoms with Crippen molar-refractivity contribution in [2.24, 2.45) is 0 Å². The van der Waals surface area contributed by atoms with Crippen LogP contribution in [0.3, 0.4) is 0 Å². The third-order valence-corrected chi connectivity index (χ3v) is 13.3. The van der Waals surface area contributed by atoms with E-state index in [-0.39, 0.29) is 65.4 Å². The van der Waals surface area contributed by atoms with Gasteiger partial charge in [-0.3, -0.25) is 22.8 Å². The van der Waals surface area contributed by atoms with Crippen LogP contribution in [0.15, 0.2) is 64.0 Å². The van der Waals surface area contributed by atoms with Crippen LogP contribution in [0.4, 0.5) is 11.4 Å². The number of allylic oxidation sites excluding steroid dienone is 4. The van der Waals surface area contributed by atoms with Gasteiger partial charge in [0.2, 0.25) is 5.69 Å². The molecule has 2 aliphatic heterocycles. The molecule has 0 aromatic heterocycles. The molecule has 6 N–H and O–H groups in total. The molecule has 0 fully saturated rings. The summed E-state index contributed by atoms with van der Waals surface area (Å²) in [5.74, 6) is -3.81. The normalized spacial score (nSPS) is 19.9. The van der Waals surface area contributed by atoms with Crippen molar-refractivity contribution in [3.63, 3.8) is 0 Å². The maximum atomic E-state index is 12.6. The SMILES string of the molecule is CC1(CS(=O)(=O)O)C(/C=C/C=C2/N(CCCS(=O)(=O)O)c3cc(S(=O)(=O)O)cc(S(=O)(=O)O)c3C2(C)C)=[N+](CCCS(=O)(=O)O)c2cc(C(=O)O)ccc21. The first-order valence-corrected chi connectivity index (χ1v) is 23.3. The first-order valence-electron chi connectivity index (χ1n) is 15.5. The Labute approximate surface area is 312 Å². The lowest BCUT2D eigenvalue weighted by Crippen LogP contribution is -2.38. The first kappa shape index (κ1) is 43.1. The Bertz CT molecular complexity index is 2580. The summed E-state index contributed by atoms with van der Waals surface area (Å²) < 4.78 is 171. The second-order valence-electron chi connectivity index (χ2n) is 13.4. The molecule has 1 unspecified atom stereocenters. The van der Waals surface area contributed by atoms with Gasteiger partial charge >= 0.3 is 5.97 Å². The molecule has 2 heterocycles. The topological polar surface area (TPSA) is 315 Å². The molecule has 0 saturated heterocycles. The number of nitrogens with zero attached hydrogens (tertiary/aromatic N) is 2. The Kier molecular flexibility index (Phi) is 11.6. The number of aromatic carboxylic acids is 1. The molecule has 54 heavy (non-hydrogen) atoms. The van der Waals surface area contributed by atoms with Gasteiger partial charge in [-0.05, 0) is 37.6 Å². The fourth-order valence-electron chi connectivity index (χ4n) is 6.90. The lowest BCUT2D eigenvalue weighted by Gasteiger charge is -2.27. The van der Waals surface area contributed by atoms with Crippen molar-refractivity contribution in [1.29, 1.82) is 0 Å². The van der Waals surface area contributed by atoms with Gasteiger partial charge in [0.25, 0.3) is 50.6 Å². The summed E-state index contributed by atoms with van der Waals surface area (Å²) in [5, 5.41) is 9.67. The van der Waals surface area contributed by atoms with E-state index in [1.807, 2.05) is 0 Å². The highest BCUT2D eigenvalue weighted by Gasteiger charge is 2.51. The van der Waals surface area contributed by atoms with E-state index in [1.165, 1.54) is 66.7 Å².